The number of carbonyl (C=O) groups is 2. The maximum Gasteiger partial charge on any atom is 0.264 e. The molecule has 1 atom stereocenters. The van der Waals surface area contributed by atoms with Crippen LogP contribution in [-0.4, -0.2) is 50.4 Å². The highest BCUT2D eigenvalue weighted by atomic mass is 32.2. The molecule has 0 radical (unpaired) electrons. The lowest BCUT2D eigenvalue weighted by molar-refractivity contribution is -0.140. The first-order chi connectivity index (χ1) is 20.2. The van der Waals surface area contributed by atoms with Gasteiger partial charge in [0.15, 0.2) is 0 Å². The van der Waals surface area contributed by atoms with Crippen LogP contribution in [0.2, 0.25) is 0 Å². The van der Waals surface area contributed by atoms with Crippen LogP contribution < -0.4 is 14.4 Å². The molecule has 1 aliphatic carbocycles. The number of nitrogens with zero attached hydrogens (tertiary/aromatic N) is 2. The Bertz CT molecular complexity index is 1420. The van der Waals surface area contributed by atoms with Gasteiger partial charge in [-0.25, -0.2) is 8.42 Å². The molecule has 42 heavy (non-hydrogen) atoms. The molecule has 0 aromatic heterocycles. The molecule has 1 saturated carbocycles. The van der Waals surface area contributed by atoms with Crippen LogP contribution in [0.3, 0.4) is 0 Å². The van der Waals surface area contributed by atoms with Crippen LogP contribution >= 0.6 is 0 Å². The molecule has 1 fully saturated rings. The lowest BCUT2D eigenvalue weighted by Crippen LogP contribution is -2.53. The molecule has 1 N–H and O–H groups in total. The van der Waals surface area contributed by atoms with Crippen molar-refractivity contribution in [3.63, 3.8) is 0 Å². The molecule has 3 aromatic carbocycles. The van der Waals surface area contributed by atoms with Gasteiger partial charge in [-0.05, 0) is 75.1 Å². The van der Waals surface area contributed by atoms with Crippen molar-refractivity contribution in [3.8, 4) is 5.75 Å². The van der Waals surface area contributed by atoms with Gasteiger partial charge in [0, 0.05) is 12.6 Å². The fourth-order valence-electron chi connectivity index (χ4n) is 5.31. The number of amides is 2. The molecule has 1 aliphatic rings. The largest absolute Gasteiger partial charge is 0.494 e. The molecular formula is C33H41N3O5S. The zero-order chi connectivity index (χ0) is 30.1. The summed E-state index contributed by atoms with van der Waals surface area (Å²) in [7, 11) is -4.12. The monoisotopic (exact) mass is 591 g/mol. The van der Waals surface area contributed by atoms with E-state index in [1.165, 1.54) is 4.90 Å². The van der Waals surface area contributed by atoms with Crippen molar-refractivity contribution in [2.75, 3.05) is 17.5 Å². The molecule has 9 heteroatoms. The lowest BCUT2D eigenvalue weighted by Gasteiger charge is -2.33. The molecule has 0 heterocycles. The predicted molar refractivity (Wildman–Crippen MR) is 165 cm³/mol. The first kappa shape index (κ1) is 31.1. The predicted octanol–water partition coefficient (Wildman–Crippen LogP) is 5.46. The Morgan fingerprint density at radius 3 is 2.17 bits per heavy atom. The van der Waals surface area contributed by atoms with Gasteiger partial charge in [-0.15, -0.1) is 0 Å². The van der Waals surface area contributed by atoms with Crippen LogP contribution in [0, 0.1) is 6.92 Å². The molecule has 0 aliphatic heterocycles. The number of anilines is 1. The number of hydrogen-bond donors (Lipinski definition) is 1. The molecule has 224 valence electrons. The number of benzene rings is 3. The normalized spacial score (nSPS) is 14.3. The van der Waals surface area contributed by atoms with E-state index in [1.807, 2.05) is 51.1 Å². The Kier molecular flexibility index (Phi) is 10.6. The van der Waals surface area contributed by atoms with E-state index in [2.05, 4.69) is 5.32 Å². The van der Waals surface area contributed by atoms with Gasteiger partial charge < -0.3 is 15.0 Å². The highest BCUT2D eigenvalue weighted by Crippen LogP contribution is 2.27. The first-order valence-electron chi connectivity index (χ1n) is 14.7. The van der Waals surface area contributed by atoms with Gasteiger partial charge in [-0.3, -0.25) is 13.9 Å². The number of rotatable bonds is 13. The summed E-state index contributed by atoms with van der Waals surface area (Å²) in [5.41, 5.74) is 2.10. The lowest BCUT2D eigenvalue weighted by atomic mass is 10.1. The third kappa shape index (κ3) is 7.70. The van der Waals surface area contributed by atoms with E-state index in [-0.39, 0.29) is 23.4 Å². The smallest absolute Gasteiger partial charge is 0.264 e. The van der Waals surface area contributed by atoms with Crippen molar-refractivity contribution in [1.82, 2.24) is 10.2 Å². The van der Waals surface area contributed by atoms with Gasteiger partial charge in [0.25, 0.3) is 10.0 Å². The van der Waals surface area contributed by atoms with Gasteiger partial charge in [-0.1, -0.05) is 67.8 Å². The van der Waals surface area contributed by atoms with Crippen molar-refractivity contribution >= 4 is 27.5 Å². The van der Waals surface area contributed by atoms with Gasteiger partial charge in [0.1, 0.15) is 18.3 Å². The van der Waals surface area contributed by atoms with E-state index in [1.54, 1.807) is 48.5 Å². The second-order valence-electron chi connectivity index (χ2n) is 10.7. The molecule has 8 nitrogen and oxygen atoms in total. The van der Waals surface area contributed by atoms with Crippen LogP contribution in [0.25, 0.3) is 0 Å². The van der Waals surface area contributed by atoms with E-state index >= 15 is 0 Å². The molecule has 4 rings (SSSR count). The minimum Gasteiger partial charge on any atom is -0.494 e. The van der Waals surface area contributed by atoms with Crippen LogP contribution in [0.4, 0.5) is 5.69 Å². The van der Waals surface area contributed by atoms with Crippen molar-refractivity contribution in [2.24, 2.45) is 0 Å². The fraction of sp³-hybridized carbons (Fsp3) is 0.394. The number of nitrogens with one attached hydrogen (secondary N) is 1. The van der Waals surface area contributed by atoms with Crippen LogP contribution in [0.5, 0.6) is 5.75 Å². The molecule has 2 amide bonds. The molecule has 0 bridgehead atoms. The summed E-state index contributed by atoms with van der Waals surface area (Å²) in [4.78, 5) is 29.3. The van der Waals surface area contributed by atoms with Gasteiger partial charge >= 0.3 is 0 Å². The number of sulfonamides is 1. The van der Waals surface area contributed by atoms with Crippen molar-refractivity contribution in [1.29, 1.82) is 0 Å². The summed E-state index contributed by atoms with van der Waals surface area (Å²) in [6.07, 6.45) is 4.39. The van der Waals surface area contributed by atoms with Crippen LogP contribution in [0.1, 0.15) is 57.1 Å². The summed E-state index contributed by atoms with van der Waals surface area (Å²) in [6.45, 7) is 5.81. The van der Waals surface area contributed by atoms with Crippen molar-refractivity contribution in [3.05, 3.63) is 90.0 Å². The number of ether oxygens (including phenoxy) is 1. The summed E-state index contributed by atoms with van der Waals surface area (Å²) in [5, 5.41) is 3.14. The van der Waals surface area contributed by atoms with E-state index in [0.29, 0.717) is 24.5 Å². The average Bonchev–Trinajstić information content (AvgIpc) is 3.50. The van der Waals surface area contributed by atoms with Gasteiger partial charge in [0.2, 0.25) is 11.8 Å². The summed E-state index contributed by atoms with van der Waals surface area (Å²) in [6, 6.07) is 22.0. The van der Waals surface area contributed by atoms with E-state index in [0.717, 1.165) is 41.1 Å². The second-order valence-corrected chi connectivity index (χ2v) is 12.5. The Morgan fingerprint density at radius 1 is 0.929 bits per heavy atom. The molecule has 0 saturated heterocycles. The highest BCUT2D eigenvalue weighted by molar-refractivity contribution is 7.92. The van der Waals surface area contributed by atoms with E-state index < -0.39 is 28.5 Å². The Balaban J connectivity index is 1.70. The van der Waals surface area contributed by atoms with Gasteiger partial charge in [0.05, 0.1) is 17.2 Å². The number of aryl methyl sites for hydroxylation is 1. The Labute approximate surface area is 249 Å². The first-order valence-corrected chi connectivity index (χ1v) is 16.1. The fourth-order valence-corrected chi connectivity index (χ4v) is 6.72. The second kappa shape index (κ2) is 14.4. The third-order valence-corrected chi connectivity index (χ3v) is 9.39. The molecule has 3 aromatic rings. The number of hydrogen-bond acceptors (Lipinski definition) is 5. The molecular weight excluding hydrogens is 550 g/mol. The quantitative estimate of drug-likeness (QED) is 0.285. The average molecular weight is 592 g/mol. The zero-order valence-corrected chi connectivity index (χ0v) is 25.5. The summed E-state index contributed by atoms with van der Waals surface area (Å²) < 4.78 is 34.7. The topological polar surface area (TPSA) is 96.0 Å². The van der Waals surface area contributed by atoms with Crippen LogP contribution in [0.15, 0.2) is 83.8 Å². The van der Waals surface area contributed by atoms with Crippen LogP contribution in [-0.2, 0) is 26.2 Å². The SMILES string of the molecule is CCOc1ccc(N(CC(=O)N(Cc2ccccc2)C(CC)C(=O)NC2CCCC2)S(=O)(=O)c2ccc(C)cc2)cc1. The minimum absolute atomic E-state index is 0.0791. The zero-order valence-electron chi connectivity index (χ0n) is 24.7. The maximum atomic E-state index is 14.2. The summed E-state index contributed by atoms with van der Waals surface area (Å²) >= 11 is 0. The van der Waals surface area contributed by atoms with E-state index in [4.69, 9.17) is 4.74 Å². The van der Waals surface area contributed by atoms with E-state index in [9.17, 15) is 18.0 Å². The molecule has 0 spiro atoms. The standard InChI is InChI=1S/C33H41N3O5S/c1-4-31(33(38)34-27-13-9-10-14-27)35(23-26-11-7-6-8-12-26)32(37)24-36(28-17-19-29(20-18-28)41-5-2)42(39,40)30-21-15-25(3)16-22-30/h6-8,11-12,15-22,27,31H,4-5,9-10,13-14,23-24H2,1-3H3,(H,34,38). The van der Waals surface area contributed by atoms with Gasteiger partial charge in [-0.2, -0.15) is 0 Å². The maximum absolute atomic E-state index is 14.2. The summed E-state index contributed by atoms with van der Waals surface area (Å²) in [5.74, 6) is -0.0693. The third-order valence-electron chi connectivity index (χ3n) is 7.61. The Morgan fingerprint density at radius 2 is 1.57 bits per heavy atom. The molecule has 1 unspecified atom stereocenters. The van der Waals surface area contributed by atoms with Crippen molar-refractivity contribution < 1.29 is 22.7 Å². The minimum atomic E-state index is -4.12. The number of carbonyl (C=O) groups excluding carboxylic acids is 2. The van der Waals surface area contributed by atoms with Crippen molar-refractivity contribution in [2.45, 2.75) is 76.4 Å². The Hall–Kier alpha value is -3.85. The highest BCUT2D eigenvalue weighted by Gasteiger charge is 2.34.